The molecule has 0 radical (unpaired) electrons. The van der Waals surface area contributed by atoms with E-state index in [1.807, 2.05) is 18.5 Å². The molecular weight excluding hydrogens is 198 g/mol. The van der Waals surface area contributed by atoms with Crippen LogP contribution < -0.4 is 5.73 Å². The Labute approximate surface area is 97.7 Å². The highest BCUT2D eigenvalue weighted by molar-refractivity contribution is 5.13. The van der Waals surface area contributed by atoms with E-state index in [0.29, 0.717) is 18.1 Å². The lowest BCUT2D eigenvalue weighted by Gasteiger charge is -2.40. The third-order valence-corrected chi connectivity index (χ3v) is 3.63. The Kier molecular flexibility index (Phi) is 3.56. The first-order valence-electron chi connectivity index (χ1n) is 6.09. The topological polar surface area (TPSA) is 42.1 Å². The van der Waals surface area contributed by atoms with E-state index >= 15 is 0 Å². The van der Waals surface area contributed by atoms with Crippen LogP contribution in [0.2, 0.25) is 0 Å². The van der Waals surface area contributed by atoms with Gasteiger partial charge in [-0.2, -0.15) is 0 Å². The van der Waals surface area contributed by atoms with E-state index in [4.69, 9.17) is 5.73 Å². The fourth-order valence-electron chi connectivity index (χ4n) is 2.62. The van der Waals surface area contributed by atoms with Crippen molar-refractivity contribution >= 4 is 0 Å². The van der Waals surface area contributed by atoms with Gasteiger partial charge in [-0.15, -0.1) is 0 Å². The Balaban J connectivity index is 2.07. The first kappa shape index (κ1) is 11.6. The number of aromatic nitrogens is 1. The van der Waals surface area contributed by atoms with Crippen LogP contribution in [0.25, 0.3) is 0 Å². The maximum Gasteiger partial charge on any atom is 0.0337 e. The summed E-state index contributed by atoms with van der Waals surface area (Å²) in [5.74, 6) is 0. The number of likely N-dealkylation sites (tertiary alicyclic amines) is 1. The summed E-state index contributed by atoms with van der Waals surface area (Å²) in [4.78, 5) is 6.72. The predicted octanol–water partition coefficient (Wildman–Crippen LogP) is 1.95. The summed E-state index contributed by atoms with van der Waals surface area (Å²) in [7, 11) is 0. The first-order valence-corrected chi connectivity index (χ1v) is 6.09. The van der Waals surface area contributed by atoms with Gasteiger partial charge in [0.05, 0.1) is 0 Å². The Bertz CT molecular complexity index is 325. The molecule has 0 aromatic carbocycles. The summed E-state index contributed by atoms with van der Waals surface area (Å²) in [5, 5.41) is 0. The van der Waals surface area contributed by atoms with Crippen molar-refractivity contribution in [3.63, 3.8) is 0 Å². The Morgan fingerprint density at radius 3 is 3.00 bits per heavy atom. The molecule has 3 nitrogen and oxygen atoms in total. The molecule has 1 aliphatic rings. The van der Waals surface area contributed by atoms with E-state index in [9.17, 15) is 0 Å². The number of hydrogen-bond donors (Lipinski definition) is 1. The molecule has 2 heterocycles. The van der Waals surface area contributed by atoms with Crippen LogP contribution in [0.15, 0.2) is 24.5 Å². The standard InChI is InChI=1S/C13H21N3/c1-10-8-13(14)5-7-16(10)11(2)12-4-3-6-15-9-12/h3-4,6,9-11,13H,5,7-8,14H2,1-2H3. The van der Waals surface area contributed by atoms with Crippen LogP contribution in [0.5, 0.6) is 0 Å². The second kappa shape index (κ2) is 4.93. The number of piperidine rings is 1. The summed E-state index contributed by atoms with van der Waals surface area (Å²) in [6.45, 7) is 5.62. The molecule has 3 unspecified atom stereocenters. The zero-order valence-electron chi connectivity index (χ0n) is 10.1. The van der Waals surface area contributed by atoms with Crippen LogP contribution in [0.1, 0.15) is 38.3 Å². The van der Waals surface area contributed by atoms with E-state index in [2.05, 4.69) is 29.8 Å². The SMILES string of the molecule is CC1CC(N)CCN1C(C)c1cccnc1. The Morgan fingerprint density at radius 2 is 2.38 bits per heavy atom. The molecule has 3 heteroatoms. The molecule has 0 aliphatic carbocycles. The summed E-state index contributed by atoms with van der Waals surface area (Å²) in [6.07, 6.45) is 6.00. The van der Waals surface area contributed by atoms with Gasteiger partial charge in [0.2, 0.25) is 0 Å². The second-order valence-corrected chi connectivity index (χ2v) is 4.83. The highest BCUT2D eigenvalue weighted by Crippen LogP contribution is 2.27. The molecule has 16 heavy (non-hydrogen) atoms. The monoisotopic (exact) mass is 219 g/mol. The van der Waals surface area contributed by atoms with Crippen molar-refractivity contribution in [2.45, 2.75) is 44.8 Å². The third-order valence-electron chi connectivity index (χ3n) is 3.63. The number of rotatable bonds is 2. The smallest absolute Gasteiger partial charge is 0.0337 e. The van der Waals surface area contributed by atoms with Crippen LogP contribution in [0, 0.1) is 0 Å². The third kappa shape index (κ3) is 2.42. The van der Waals surface area contributed by atoms with Gasteiger partial charge >= 0.3 is 0 Å². The van der Waals surface area contributed by atoms with Crippen molar-refractivity contribution in [3.05, 3.63) is 30.1 Å². The van der Waals surface area contributed by atoms with E-state index in [0.717, 1.165) is 19.4 Å². The maximum atomic E-state index is 5.99. The molecular formula is C13H21N3. The lowest BCUT2D eigenvalue weighted by Crippen LogP contribution is -2.46. The van der Waals surface area contributed by atoms with Crippen LogP contribution in [0.4, 0.5) is 0 Å². The molecule has 0 saturated carbocycles. The summed E-state index contributed by atoms with van der Waals surface area (Å²) >= 11 is 0. The minimum Gasteiger partial charge on any atom is -0.328 e. The quantitative estimate of drug-likeness (QED) is 0.826. The van der Waals surface area contributed by atoms with Crippen LogP contribution in [-0.2, 0) is 0 Å². The largest absolute Gasteiger partial charge is 0.328 e. The zero-order valence-corrected chi connectivity index (χ0v) is 10.1. The fraction of sp³-hybridized carbons (Fsp3) is 0.615. The predicted molar refractivity (Wildman–Crippen MR) is 66.0 cm³/mol. The molecule has 0 bridgehead atoms. The molecule has 1 fully saturated rings. The van der Waals surface area contributed by atoms with E-state index in [1.54, 1.807) is 0 Å². The Morgan fingerprint density at radius 1 is 1.56 bits per heavy atom. The molecule has 1 aromatic heterocycles. The summed E-state index contributed by atoms with van der Waals surface area (Å²) in [6, 6.07) is 5.55. The number of nitrogens with zero attached hydrogens (tertiary/aromatic N) is 2. The molecule has 1 aliphatic heterocycles. The van der Waals surface area contributed by atoms with Crippen LogP contribution in [0.3, 0.4) is 0 Å². The van der Waals surface area contributed by atoms with Gasteiger partial charge in [0.25, 0.3) is 0 Å². The van der Waals surface area contributed by atoms with Crippen molar-refractivity contribution in [3.8, 4) is 0 Å². The summed E-state index contributed by atoms with van der Waals surface area (Å²) in [5.41, 5.74) is 7.28. The zero-order chi connectivity index (χ0) is 11.5. The van der Waals surface area contributed by atoms with Crippen molar-refractivity contribution < 1.29 is 0 Å². The normalized spacial score (nSPS) is 28.9. The van der Waals surface area contributed by atoms with Crippen molar-refractivity contribution in [1.29, 1.82) is 0 Å². The lowest BCUT2D eigenvalue weighted by atomic mass is 9.96. The van der Waals surface area contributed by atoms with E-state index < -0.39 is 0 Å². The number of pyridine rings is 1. The van der Waals surface area contributed by atoms with Gasteiger partial charge in [-0.3, -0.25) is 9.88 Å². The molecule has 0 spiro atoms. The van der Waals surface area contributed by atoms with Gasteiger partial charge in [-0.05, 0) is 38.3 Å². The molecule has 88 valence electrons. The van der Waals surface area contributed by atoms with Crippen molar-refractivity contribution in [2.24, 2.45) is 5.73 Å². The minimum atomic E-state index is 0.382. The van der Waals surface area contributed by atoms with Crippen molar-refractivity contribution in [2.75, 3.05) is 6.54 Å². The van der Waals surface area contributed by atoms with Gasteiger partial charge < -0.3 is 5.73 Å². The molecule has 1 aromatic rings. The second-order valence-electron chi connectivity index (χ2n) is 4.83. The highest BCUT2D eigenvalue weighted by Gasteiger charge is 2.27. The average molecular weight is 219 g/mol. The highest BCUT2D eigenvalue weighted by atomic mass is 15.2. The minimum absolute atomic E-state index is 0.382. The van der Waals surface area contributed by atoms with Crippen LogP contribution in [-0.4, -0.2) is 28.5 Å². The van der Waals surface area contributed by atoms with Gasteiger partial charge in [0.15, 0.2) is 0 Å². The molecule has 1 saturated heterocycles. The fourth-order valence-corrected chi connectivity index (χ4v) is 2.62. The molecule has 0 amide bonds. The van der Waals surface area contributed by atoms with E-state index in [-0.39, 0.29) is 0 Å². The van der Waals surface area contributed by atoms with Crippen molar-refractivity contribution in [1.82, 2.24) is 9.88 Å². The number of nitrogens with two attached hydrogens (primary N) is 1. The molecule has 2 rings (SSSR count). The number of hydrogen-bond acceptors (Lipinski definition) is 3. The van der Waals surface area contributed by atoms with Gasteiger partial charge in [-0.25, -0.2) is 0 Å². The van der Waals surface area contributed by atoms with Gasteiger partial charge in [0, 0.05) is 37.1 Å². The Hall–Kier alpha value is -0.930. The molecule has 2 N–H and O–H groups in total. The summed E-state index contributed by atoms with van der Waals surface area (Å²) < 4.78 is 0. The first-order chi connectivity index (χ1) is 7.68. The van der Waals surface area contributed by atoms with E-state index in [1.165, 1.54) is 5.56 Å². The van der Waals surface area contributed by atoms with Gasteiger partial charge in [0.1, 0.15) is 0 Å². The lowest BCUT2D eigenvalue weighted by molar-refractivity contribution is 0.104. The maximum absolute atomic E-state index is 5.99. The average Bonchev–Trinajstić information content (AvgIpc) is 2.29. The van der Waals surface area contributed by atoms with Gasteiger partial charge in [-0.1, -0.05) is 6.07 Å². The molecule has 3 atom stereocenters. The van der Waals surface area contributed by atoms with Crippen LogP contribution >= 0.6 is 0 Å².